The summed E-state index contributed by atoms with van der Waals surface area (Å²) in [4.78, 5) is 20.8. The van der Waals surface area contributed by atoms with Gasteiger partial charge in [-0.25, -0.2) is 0 Å². The predicted octanol–water partition coefficient (Wildman–Crippen LogP) is 0.748. The van der Waals surface area contributed by atoms with Gasteiger partial charge >= 0.3 is 5.70 Å². The van der Waals surface area contributed by atoms with Crippen molar-refractivity contribution in [3.05, 3.63) is 20.8 Å². The number of hydrogen-bond acceptors (Lipinski definition) is 5. The number of nitro groups is 1. The van der Waals surface area contributed by atoms with Gasteiger partial charge in [-0.2, -0.15) is 0 Å². The van der Waals surface area contributed by atoms with Crippen LogP contribution in [0.25, 0.3) is 0 Å². The second-order valence-electron chi connectivity index (χ2n) is 2.62. The van der Waals surface area contributed by atoms with Crippen molar-refractivity contribution in [2.75, 3.05) is 12.3 Å². The van der Waals surface area contributed by atoms with E-state index in [0.29, 0.717) is 11.6 Å². The Labute approximate surface area is 79.7 Å². The van der Waals surface area contributed by atoms with Crippen LogP contribution in [-0.4, -0.2) is 23.0 Å². The number of nitrogens with zero attached hydrogens (tertiary/aromatic N) is 1. The molecule has 0 aromatic carbocycles. The van der Waals surface area contributed by atoms with E-state index in [1.165, 1.54) is 18.7 Å². The van der Waals surface area contributed by atoms with E-state index in [4.69, 9.17) is 0 Å². The highest BCUT2D eigenvalue weighted by Gasteiger charge is 2.25. The van der Waals surface area contributed by atoms with E-state index in [-0.39, 0.29) is 5.70 Å². The summed E-state index contributed by atoms with van der Waals surface area (Å²) in [6.07, 6.45) is 0.969. The third kappa shape index (κ3) is 2.45. The zero-order chi connectivity index (χ0) is 9.84. The maximum absolute atomic E-state index is 10.9. The smallest absolute Gasteiger partial charge is 0.341 e. The molecule has 0 aromatic heterocycles. The molecule has 0 bridgehead atoms. The number of hydrogen-bond donors (Lipinski definition) is 1. The molecule has 1 aliphatic heterocycles. The lowest BCUT2D eigenvalue weighted by molar-refractivity contribution is -0.419. The van der Waals surface area contributed by atoms with Crippen LogP contribution in [0.4, 0.5) is 0 Å². The normalized spacial score (nSPS) is 20.4. The predicted molar refractivity (Wildman–Crippen MR) is 49.8 cm³/mol. The lowest BCUT2D eigenvalue weighted by Gasteiger charge is -2.14. The van der Waals surface area contributed by atoms with Gasteiger partial charge in [-0.1, -0.05) is 0 Å². The Morgan fingerprint density at radius 3 is 2.77 bits per heavy atom. The fraction of sp³-hybridized carbons (Fsp3) is 0.571. The van der Waals surface area contributed by atoms with E-state index in [2.05, 4.69) is 5.32 Å². The van der Waals surface area contributed by atoms with Crippen LogP contribution in [0.5, 0.6) is 0 Å². The molecule has 1 aliphatic rings. The number of nitrogens with one attached hydrogen (secondary N) is 1. The molecule has 0 aliphatic carbocycles. The molecule has 0 unspecified atom stereocenters. The minimum absolute atomic E-state index is 0.315. The van der Waals surface area contributed by atoms with E-state index in [0.717, 1.165) is 12.2 Å². The van der Waals surface area contributed by atoms with Gasteiger partial charge in [-0.15, -0.1) is 11.8 Å². The standard InChI is InChI=1S/C7H10N2O3S/c1-5(10)6(9(11)12)7-8-3-2-4-13-7/h8H,2-4H2,1H3. The molecule has 0 spiro atoms. The SMILES string of the molecule is CC(=O)C(=C1NCCCS1)[N+](=O)[O-]. The summed E-state index contributed by atoms with van der Waals surface area (Å²) >= 11 is 1.33. The molecule has 1 heterocycles. The fourth-order valence-corrected chi connectivity index (χ4v) is 2.07. The molecular formula is C7H10N2O3S. The van der Waals surface area contributed by atoms with Crippen LogP contribution in [0.1, 0.15) is 13.3 Å². The average molecular weight is 202 g/mol. The van der Waals surface area contributed by atoms with Crippen molar-refractivity contribution < 1.29 is 9.72 Å². The third-order valence-electron chi connectivity index (χ3n) is 1.58. The van der Waals surface area contributed by atoms with Gasteiger partial charge < -0.3 is 5.32 Å². The number of ketones is 1. The van der Waals surface area contributed by atoms with Crippen LogP contribution < -0.4 is 5.32 Å². The van der Waals surface area contributed by atoms with Gasteiger partial charge in [0.1, 0.15) is 0 Å². The topological polar surface area (TPSA) is 72.2 Å². The number of allylic oxidation sites excluding steroid dienone is 1. The molecule has 72 valence electrons. The minimum atomic E-state index is -0.622. The summed E-state index contributed by atoms with van der Waals surface area (Å²) in [6.45, 7) is 1.91. The monoisotopic (exact) mass is 202 g/mol. The average Bonchev–Trinajstić information content (AvgIpc) is 2.04. The largest absolute Gasteiger partial charge is 0.374 e. The van der Waals surface area contributed by atoms with Crippen LogP contribution in [0.3, 0.4) is 0 Å². The Balaban J connectivity index is 2.93. The number of carbonyl (C=O) groups is 1. The zero-order valence-electron chi connectivity index (χ0n) is 7.20. The molecular weight excluding hydrogens is 192 g/mol. The quantitative estimate of drug-likeness (QED) is 0.406. The van der Waals surface area contributed by atoms with Gasteiger partial charge in [0.15, 0.2) is 5.03 Å². The molecule has 1 rings (SSSR count). The molecule has 1 N–H and O–H groups in total. The van der Waals surface area contributed by atoms with E-state index in [1.54, 1.807) is 0 Å². The lowest BCUT2D eigenvalue weighted by Crippen LogP contribution is -2.24. The van der Waals surface area contributed by atoms with Crippen molar-refractivity contribution in [3.63, 3.8) is 0 Å². The molecule has 0 amide bonds. The van der Waals surface area contributed by atoms with Crippen LogP contribution in [0.2, 0.25) is 0 Å². The van der Waals surface area contributed by atoms with Gasteiger partial charge in [0.2, 0.25) is 5.78 Å². The summed E-state index contributed by atoms with van der Waals surface area (Å²) in [6, 6.07) is 0. The van der Waals surface area contributed by atoms with Crippen LogP contribution in [-0.2, 0) is 4.79 Å². The number of thioether (sulfide) groups is 1. The Hall–Kier alpha value is -1.04. The van der Waals surface area contributed by atoms with Gasteiger partial charge in [0.05, 0.1) is 4.92 Å². The van der Waals surface area contributed by atoms with E-state index < -0.39 is 10.7 Å². The number of carbonyl (C=O) groups excluding carboxylic acids is 1. The Morgan fingerprint density at radius 2 is 2.38 bits per heavy atom. The maximum atomic E-state index is 10.9. The summed E-state index contributed by atoms with van der Waals surface area (Å²) in [7, 11) is 0. The molecule has 0 atom stereocenters. The first kappa shape index (κ1) is 10.0. The maximum Gasteiger partial charge on any atom is 0.341 e. The van der Waals surface area contributed by atoms with Crippen molar-refractivity contribution in [1.29, 1.82) is 0 Å². The van der Waals surface area contributed by atoms with Crippen molar-refractivity contribution in [2.24, 2.45) is 0 Å². The van der Waals surface area contributed by atoms with Gasteiger partial charge in [0.25, 0.3) is 0 Å². The van der Waals surface area contributed by atoms with E-state index in [1.807, 2.05) is 0 Å². The molecule has 0 saturated carbocycles. The van der Waals surface area contributed by atoms with Crippen LogP contribution in [0.15, 0.2) is 10.7 Å². The molecule has 1 saturated heterocycles. The first-order valence-corrected chi connectivity index (χ1v) is 4.87. The highest BCUT2D eigenvalue weighted by Crippen LogP contribution is 2.22. The first-order chi connectivity index (χ1) is 6.13. The van der Waals surface area contributed by atoms with Crippen LogP contribution in [0, 0.1) is 10.1 Å². The van der Waals surface area contributed by atoms with Crippen molar-refractivity contribution in [1.82, 2.24) is 5.32 Å². The summed E-state index contributed by atoms with van der Waals surface area (Å²) < 4.78 is 0. The summed E-state index contributed by atoms with van der Waals surface area (Å²) in [5, 5.41) is 13.8. The first-order valence-electron chi connectivity index (χ1n) is 3.89. The lowest BCUT2D eigenvalue weighted by atomic mass is 10.3. The molecule has 5 nitrogen and oxygen atoms in total. The van der Waals surface area contributed by atoms with Gasteiger partial charge in [-0.05, 0) is 6.42 Å². The van der Waals surface area contributed by atoms with E-state index >= 15 is 0 Å². The molecule has 6 heteroatoms. The Morgan fingerprint density at radius 1 is 1.69 bits per heavy atom. The molecule has 13 heavy (non-hydrogen) atoms. The Bertz CT molecular complexity index is 251. The fourth-order valence-electron chi connectivity index (χ4n) is 1.02. The highest BCUT2D eigenvalue weighted by atomic mass is 32.2. The molecule has 1 fully saturated rings. The summed E-state index contributed by atoms with van der Waals surface area (Å²) in [5.74, 6) is 0.328. The zero-order valence-corrected chi connectivity index (χ0v) is 8.02. The van der Waals surface area contributed by atoms with Gasteiger partial charge in [-0.3, -0.25) is 14.9 Å². The third-order valence-corrected chi connectivity index (χ3v) is 2.70. The van der Waals surface area contributed by atoms with Crippen molar-refractivity contribution in [2.45, 2.75) is 13.3 Å². The number of rotatable bonds is 2. The minimum Gasteiger partial charge on any atom is -0.374 e. The van der Waals surface area contributed by atoms with Crippen LogP contribution >= 0.6 is 11.8 Å². The second-order valence-corrected chi connectivity index (χ2v) is 3.72. The Kier molecular flexibility index (Phi) is 3.30. The number of Topliss-reactive ketones (excluding diaryl/α,β-unsaturated/α-hetero) is 1. The van der Waals surface area contributed by atoms with Gasteiger partial charge in [0, 0.05) is 19.2 Å². The molecule has 0 radical (unpaired) electrons. The highest BCUT2D eigenvalue weighted by molar-refractivity contribution is 8.03. The van der Waals surface area contributed by atoms with E-state index in [9.17, 15) is 14.9 Å². The summed E-state index contributed by atoms with van der Waals surface area (Å²) in [5.41, 5.74) is -0.315. The van der Waals surface area contributed by atoms with Crippen molar-refractivity contribution in [3.8, 4) is 0 Å². The second kappa shape index (κ2) is 4.27. The van der Waals surface area contributed by atoms with Crippen molar-refractivity contribution >= 4 is 17.5 Å². The molecule has 0 aromatic rings.